The Balaban J connectivity index is 1.88. The lowest BCUT2D eigenvalue weighted by Crippen LogP contribution is -2.35. The first kappa shape index (κ1) is 12.2. The Morgan fingerprint density at radius 2 is 2.12 bits per heavy atom. The third-order valence-electron chi connectivity index (χ3n) is 3.37. The fourth-order valence-electron chi connectivity index (χ4n) is 2.26. The molecule has 0 aliphatic carbocycles. The molecule has 3 nitrogen and oxygen atoms in total. The summed E-state index contributed by atoms with van der Waals surface area (Å²) in [5, 5.41) is 3.28. The van der Waals surface area contributed by atoms with Gasteiger partial charge < -0.3 is 11.1 Å². The monoisotopic (exact) mass is 237 g/mol. The molecule has 1 aromatic rings. The summed E-state index contributed by atoms with van der Waals surface area (Å²) in [4.78, 5) is 2.46. The first-order chi connectivity index (χ1) is 8.16. The molecule has 1 saturated heterocycles. The van der Waals surface area contributed by atoms with Crippen LogP contribution in [0.15, 0.2) is 18.2 Å². The highest BCUT2D eigenvalue weighted by Crippen LogP contribution is 2.19. The smallest absolute Gasteiger partial charge is 0.125 e. The number of halogens is 1. The maximum absolute atomic E-state index is 12.9. The molecule has 0 amide bonds. The maximum atomic E-state index is 12.9. The van der Waals surface area contributed by atoms with Gasteiger partial charge in [0.1, 0.15) is 5.82 Å². The Hall–Kier alpha value is -1.29. The lowest BCUT2D eigenvalue weighted by molar-refractivity contribution is 0.269. The topological polar surface area (TPSA) is 41.3 Å². The van der Waals surface area contributed by atoms with Gasteiger partial charge in [0.05, 0.1) is 11.4 Å². The van der Waals surface area contributed by atoms with Crippen molar-refractivity contribution in [3.63, 3.8) is 0 Å². The van der Waals surface area contributed by atoms with Crippen LogP contribution < -0.4 is 11.1 Å². The normalized spacial score (nSPS) is 18.2. The second-order valence-electron chi connectivity index (χ2n) is 4.70. The van der Waals surface area contributed by atoms with Crippen molar-refractivity contribution in [3.05, 3.63) is 24.0 Å². The number of hydrogen-bond donors (Lipinski definition) is 2. The van der Waals surface area contributed by atoms with E-state index in [2.05, 4.69) is 17.1 Å². The van der Waals surface area contributed by atoms with Gasteiger partial charge in [0.15, 0.2) is 0 Å². The SMILES string of the molecule is CC(CNc1ccc(F)cc1N)N1CCCC1. The third-order valence-corrected chi connectivity index (χ3v) is 3.37. The molecule has 3 N–H and O–H groups in total. The number of nitrogens with zero attached hydrogens (tertiary/aromatic N) is 1. The van der Waals surface area contributed by atoms with Crippen LogP contribution in [-0.4, -0.2) is 30.6 Å². The summed E-state index contributed by atoms with van der Waals surface area (Å²) in [5.41, 5.74) is 7.03. The summed E-state index contributed by atoms with van der Waals surface area (Å²) < 4.78 is 12.9. The molecule has 2 rings (SSSR count). The van der Waals surface area contributed by atoms with E-state index < -0.39 is 0 Å². The number of nitrogen functional groups attached to an aromatic ring is 1. The van der Waals surface area contributed by atoms with Crippen molar-refractivity contribution < 1.29 is 4.39 Å². The standard InChI is InChI=1S/C13H20FN3/c1-10(17-6-2-3-7-17)9-16-13-5-4-11(14)8-12(13)15/h4-5,8,10,16H,2-3,6-7,9,15H2,1H3. The van der Waals surface area contributed by atoms with Crippen molar-refractivity contribution in [2.24, 2.45) is 0 Å². The molecule has 1 aliphatic rings. The van der Waals surface area contributed by atoms with Crippen LogP contribution in [0.5, 0.6) is 0 Å². The van der Waals surface area contributed by atoms with E-state index in [-0.39, 0.29) is 5.82 Å². The van der Waals surface area contributed by atoms with Gasteiger partial charge in [-0.2, -0.15) is 0 Å². The van der Waals surface area contributed by atoms with Crippen LogP contribution in [0, 0.1) is 5.82 Å². The van der Waals surface area contributed by atoms with Gasteiger partial charge in [-0.25, -0.2) is 4.39 Å². The van der Waals surface area contributed by atoms with Crippen LogP contribution >= 0.6 is 0 Å². The van der Waals surface area contributed by atoms with Gasteiger partial charge in [-0.1, -0.05) is 0 Å². The highest BCUT2D eigenvalue weighted by Gasteiger charge is 2.17. The van der Waals surface area contributed by atoms with E-state index in [0.717, 1.165) is 12.2 Å². The molecule has 1 aromatic carbocycles. The zero-order valence-corrected chi connectivity index (χ0v) is 10.2. The number of benzene rings is 1. The van der Waals surface area contributed by atoms with E-state index in [1.54, 1.807) is 6.07 Å². The molecule has 17 heavy (non-hydrogen) atoms. The zero-order chi connectivity index (χ0) is 12.3. The first-order valence-electron chi connectivity index (χ1n) is 6.20. The Morgan fingerprint density at radius 3 is 2.76 bits per heavy atom. The van der Waals surface area contributed by atoms with Crippen LogP contribution in [-0.2, 0) is 0 Å². The van der Waals surface area contributed by atoms with Gasteiger partial charge in [-0.05, 0) is 51.1 Å². The molecule has 1 fully saturated rings. The van der Waals surface area contributed by atoms with Crippen molar-refractivity contribution in [1.82, 2.24) is 4.90 Å². The summed E-state index contributed by atoms with van der Waals surface area (Å²) in [6.45, 7) is 5.41. The van der Waals surface area contributed by atoms with Crippen molar-refractivity contribution in [2.75, 3.05) is 30.7 Å². The number of nitrogens with one attached hydrogen (secondary N) is 1. The predicted octanol–water partition coefficient (Wildman–Crippen LogP) is 2.30. The highest BCUT2D eigenvalue weighted by atomic mass is 19.1. The van der Waals surface area contributed by atoms with Gasteiger partial charge in [-0.15, -0.1) is 0 Å². The Labute approximate surface area is 102 Å². The highest BCUT2D eigenvalue weighted by molar-refractivity contribution is 5.65. The number of likely N-dealkylation sites (tertiary alicyclic amines) is 1. The van der Waals surface area contributed by atoms with E-state index in [4.69, 9.17) is 5.73 Å². The molecule has 1 atom stereocenters. The number of rotatable bonds is 4. The van der Waals surface area contributed by atoms with Gasteiger partial charge in [0, 0.05) is 12.6 Å². The minimum absolute atomic E-state index is 0.291. The Bertz CT molecular complexity index is 375. The quantitative estimate of drug-likeness (QED) is 0.790. The lowest BCUT2D eigenvalue weighted by atomic mass is 10.2. The fourth-order valence-corrected chi connectivity index (χ4v) is 2.26. The predicted molar refractivity (Wildman–Crippen MR) is 69.6 cm³/mol. The number of hydrogen-bond acceptors (Lipinski definition) is 3. The molecule has 94 valence electrons. The molecular weight excluding hydrogens is 217 g/mol. The minimum atomic E-state index is -0.291. The summed E-state index contributed by atoms with van der Waals surface area (Å²) in [5.74, 6) is -0.291. The summed E-state index contributed by atoms with van der Waals surface area (Å²) in [7, 11) is 0. The van der Waals surface area contributed by atoms with Gasteiger partial charge in [0.25, 0.3) is 0 Å². The summed E-state index contributed by atoms with van der Waals surface area (Å²) >= 11 is 0. The number of anilines is 2. The average molecular weight is 237 g/mol. The van der Waals surface area contributed by atoms with Gasteiger partial charge in [0.2, 0.25) is 0 Å². The first-order valence-corrected chi connectivity index (χ1v) is 6.20. The van der Waals surface area contributed by atoms with Crippen LogP contribution in [0.3, 0.4) is 0 Å². The van der Waals surface area contributed by atoms with Crippen molar-refractivity contribution in [1.29, 1.82) is 0 Å². The van der Waals surface area contributed by atoms with Gasteiger partial charge in [-0.3, -0.25) is 4.90 Å². The van der Waals surface area contributed by atoms with Crippen LogP contribution in [0.1, 0.15) is 19.8 Å². The Kier molecular flexibility index (Phi) is 3.84. The zero-order valence-electron chi connectivity index (χ0n) is 10.2. The molecule has 0 radical (unpaired) electrons. The third kappa shape index (κ3) is 3.09. The average Bonchev–Trinajstić information content (AvgIpc) is 2.81. The molecule has 1 unspecified atom stereocenters. The molecule has 0 spiro atoms. The van der Waals surface area contributed by atoms with Gasteiger partial charge >= 0.3 is 0 Å². The van der Waals surface area contributed by atoms with Crippen LogP contribution in [0.25, 0.3) is 0 Å². The van der Waals surface area contributed by atoms with E-state index in [0.29, 0.717) is 11.7 Å². The fraction of sp³-hybridized carbons (Fsp3) is 0.538. The Morgan fingerprint density at radius 1 is 1.41 bits per heavy atom. The minimum Gasteiger partial charge on any atom is -0.397 e. The second-order valence-corrected chi connectivity index (χ2v) is 4.70. The molecule has 0 bridgehead atoms. The summed E-state index contributed by atoms with van der Waals surface area (Å²) in [6, 6.07) is 4.96. The second kappa shape index (κ2) is 5.36. The van der Waals surface area contributed by atoms with Crippen molar-refractivity contribution in [2.45, 2.75) is 25.8 Å². The summed E-state index contributed by atoms with van der Waals surface area (Å²) in [6.07, 6.45) is 2.59. The van der Waals surface area contributed by atoms with E-state index >= 15 is 0 Å². The molecule has 4 heteroatoms. The molecule has 1 aliphatic heterocycles. The molecule has 1 heterocycles. The van der Waals surface area contributed by atoms with Crippen molar-refractivity contribution in [3.8, 4) is 0 Å². The molecular formula is C13H20FN3. The van der Waals surface area contributed by atoms with Crippen LogP contribution in [0.2, 0.25) is 0 Å². The van der Waals surface area contributed by atoms with Crippen molar-refractivity contribution >= 4 is 11.4 Å². The largest absolute Gasteiger partial charge is 0.397 e. The lowest BCUT2D eigenvalue weighted by Gasteiger charge is -2.24. The van der Waals surface area contributed by atoms with Crippen LogP contribution in [0.4, 0.5) is 15.8 Å². The number of nitrogens with two attached hydrogens (primary N) is 1. The van der Waals surface area contributed by atoms with E-state index in [1.165, 1.54) is 38.1 Å². The molecule has 0 saturated carbocycles. The molecule has 0 aromatic heterocycles. The maximum Gasteiger partial charge on any atom is 0.125 e. The van der Waals surface area contributed by atoms with E-state index in [1.807, 2.05) is 0 Å². The van der Waals surface area contributed by atoms with E-state index in [9.17, 15) is 4.39 Å².